The Hall–Kier alpha value is -4.21. The first kappa shape index (κ1) is 18.2. The lowest BCUT2D eigenvalue weighted by Gasteiger charge is -2.18. The first-order valence-electron chi connectivity index (χ1n) is 8.34. The molecule has 2 aromatic carbocycles. The van der Waals surface area contributed by atoms with Crippen LogP contribution >= 0.6 is 0 Å². The second-order valence-electron chi connectivity index (χ2n) is 6.14. The van der Waals surface area contributed by atoms with Crippen LogP contribution in [0.1, 0.15) is 54.0 Å². The number of nitro groups is 1. The molecule has 4 rings (SSSR count). The van der Waals surface area contributed by atoms with Crippen LogP contribution in [0.3, 0.4) is 0 Å². The normalized spacial score (nSPS) is 12.3. The second kappa shape index (κ2) is 6.75. The van der Waals surface area contributed by atoms with Crippen molar-refractivity contribution in [1.82, 2.24) is 10.2 Å². The number of carbonyl (C=O) groups is 3. The maximum absolute atomic E-state index is 12.9. The Bertz CT molecular complexity index is 1210. The van der Waals surface area contributed by atoms with Gasteiger partial charge in [0.1, 0.15) is 11.1 Å². The molecule has 144 valence electrons. The predicted molar refractivity (Wildman–Crippen MR) is 94.6 cm³/mol. The van der Waals surface area contributed by atoms with Crippen LogP contribution in [0, 0.1) is 17.0 Å². The van der Waals surface area contributed by atoms with Crippen LogP contribution in [0.2, 0.25) is 0 Å². The number of carbonyl (C=O) groups excluding carboxylic acids is 3. The zero-order valence-corrected chi connectivity index (χ0v) is 14.9. The van der Waals surface area contributed by atoms with Gasteiger partial charge in [0.2, 0.25) is 11.7 Å². The summed E-state index contributed by atoms with van der Waals surface area (Å²) in [6.45, 7) is 1.15. The van der Waals surface area contributed by atoms with Gasteiger partial charge in [0.05, 0.1) is 4.92 Å². The summed E-state index contributed by atoms with van der Waals surface area (Å²) in [5, 5.41) is 19.0. The summed E-state index contributed by atoms with van der Waals surface area (Å²) in [7, 11) is 0. The SMILES string of the molecule is Cc1nnc(COC(=O)c2ccc3c(c2[N+](=O)[O-])C(=O)c2ccccc2C3=O)o1. The molecule has 1 aliphatic carbocycles. The van der Waals surface area contributed by atoms with Crippen LogP contribution in [0.4, 0.5) is 5.69 Å². The molecule has 10 heteroatoms. The summed E-state index contributed by atoms with van der Waals surface area (Å²) >= 11 is 0. The van der Waals surface area contributed by atoms with Crippen molar-refractivity contribution in [2.45, 2.75) is 13.5 Å². The molecule has 0 saturated heterocycles. The molecular formula is C19H11N3O7. The number of fused-ring (bicyclic) bond motifs is 2. The van der Waals surface area contributed by atoms with E-state index in [1.807, 2.05) is 0 Å². The minimum Gasteiger partial charge on any atom is -0.452 e. The Labute approximate surface area is 162 Å². The summed E-state index contributed by atoms with van der Waals surface area (Å²) in [6.07, 6.45) is 0. The van der Waals surface area contributed by atoms with E-state index < -0.39 is 45.9 Å². The monoisotopic (exact) mass is 393 g/mol. The van der Waals surface area contributed by atoms with Crippen molar-refractivity contribution < 1.29 is 28.5 Å². The minimum atomic E-state index is -1.06. The number of ether oxygens (including phenoxy) is 1. The second-order valence-corrected chi connectivity index (χ2v) is 6.14. The molecule has 0 unspecified atom stereocenters. The van der Waals surface area contributed by atoms with E-state index in [-0.39, 0.29) is 28.5 Å². The van der Waals surface area contributed by atoms with Gasteiger partial charge in [-0.25, -0.2) is 4.79 Å². The summed E-state index contributed by atoms with van der Waals surface area (Å²) in [4.78, 5) is 48.9. The van der Waals surface area contributed by atoms with Crippen LogP contribution < -0.4 is 0 Å². The summed E-state index contributed by atoms with van der Waals surface area (Å²) in [5.74, 6) is -2.02. The van der Waals surface area contributed by atoms with Gasteiger partial charge < -0.3 is 9.15 Å². The molecule has 1 aromatic heterocycles. The van der Waals surface area contributed by atoms with Crippen LogP contribution in [-0.2, 0) is 11.3 Å². The Morgan fingerprint density at radius 2 is 1.76 bits per heavy atom. The van der Waals surface area contributed by atoms with Crippen molar-refractivity contribution >= 4 is 23.2 Å². The number of esters is 1. The third kappa shape index (κ3) is 2.96. The molecule has 1 aliphatic rings. The zero-order valence-electron chi connectivity index (χ0n) is 14.9. The molecule has 0 N–H and O–H groups in total. The standard InChI is InChI=1S/C19H11N3O7/c1-9-20-21-14(29-9)8-28-19(25)13-7-6-12-15(16(13)22(26)27)18(24)11-5-3-2-4-10(11)17(12)23/h2-7H,8H2,1H3. The van der Waals surface area contributed by atoms with Crippen molar-refractivity contribution in [2.75, 3.05) is 0 Å². The number of ketones is 2. The first-order valence-corrected chi connectivity index (χ1v) is 8.34. The molecule has 1 heterocycles. The van der Waals surface area contributed by atoms with Crippen molar-refractivity contribution in [3.8, 4) is 0 Å². The molecular weight excluding hydrogens is 382 g/mol. The van der Waals surface area contributed by atoms with Crippen LogP contribution in [0.15, 0.2) is 40.8 Å². The number of aryl methyl sites for hydroxylation is 1. The third-order valence-corrected chi connectivity index (χ3v) is 4.36. The van der Waals surface area contributed by atoms with Gasteiger partial charge in [-0.2, -0.15) is 0 Å². The summed E-state index contributed by atoms with van der Waals surface area (Å²) < 4.78 is 10.1. The van der Waals surface area contributed by atoms with Crippen molar-refractivity contribution in [3.05, 3.63) is 86.1 Å². The van der Waals surface area contributed by atoms with E-state index in [1.54, 1.807) is 19.1 Å². The largest absolute Gasteiger partial charge is 0.452 e. The lowest BCUT2D eigenvalue weighted by molar-refractivity contribution is -0.385. The molecule has 0 amide bonds. The van der Waals surface area contributed by atoms with Gasteiger partial charge in [0, 0.05) is 23.6 Å². The Morgan fingerprint density at radius 1 is 1.07 bits per heavy atom. The van der Waals surface area contributed by atoms with E-state index in [9.17, 15) is 24.5 Å². The van der Waals surface area contributed by atoms with Gasteiger partial charge in [0.15, 0.2) is 12.4 Å². The number of nitrogens with zero attached hydrogens (tertiary/aromatic N) is 3. The molecule has 3 aromatic rings. The number of aromatic nitrogens is 2. The van der Waals surface area contributed by atoms with Gasteiger partial charge in [0.25, 0.3) is 11.6 Å². The highest BCUT2D eigenvalue weighted by molar-refractivity contribution is 6.30. The smallest absolute Gasteiger partial charge is 0.345 e. The molecule has 0 aliphatic heterocycles. The highest BCUT2D eigenvalue weighted by Crippen LogP contribution is 2.35. The average Bonchev–Trinajstić information content (AvgIpc) is 3.14. The lowest BCUT2D eigenvalue weighted by atomic mass is 9.82. The van der Waals surface area contributed by atoms with Gasteiger partial charge in [-0.05, 0) is 12.1 Å². The molecule has 10 nitrogen and oxygen atoms in total. The van der Waals surface area contributed by atoms with Gasteiger partial charge in [-0.3, -0.25) is 19.7 Å². The van der Waals surface area contributed by atoms with Gasteiger partial charge >= 0.3 is 5.97 Å². The topological polar surface area (TPSA) is 142 Å². The van der Waals surface area contributed by atoms with E-state index in [0.717, 1.165) is 6.07 Å². The zero-order chi connectivity index (χ0) is 20.7. The number of nitro benzene ring substituents is 1. The molecule has 0 fully saturated rings. The third-order valence-electron chi connectivity index (χ3n) is 4.36. The molecule has 29 heavy (non-hydrogen) atoms. The van der Waals surface area contributed by atoms with E-state index in [4.69, 9.17) is 9.15 Å². The number of hydrogen-bond donors (Lipinski definition) is 0. The summed E-state index contributed by atoms with van der Waals surface area (Å²) in [5.41, 5.74) is -1.60. The number of hydrogen-bond acceptors (Lipinski definition) is 9. The van der Waals surface area contributed by atoms with Crippen LogP contribution in [-0.4, -0.2) is 32.7 Å². The number of benzene rings is 2. The van der Waals surface area contributed by atoms with Crippen LogP contribution in [0.5, 0.6) is 0 Å². The van der Waals surface area contributed by atoms with Crippen molar-refractivity contribution in [1.29, 1.82) is 0 Å². The maximum Gasteiger partial charge on any atom is 0.345 e. The predicted octanol–water partition coefficient (Wildman–Crippen LogP) is 2.42. The fraction of sp³-hybridized carbons (Fsp3) is 0.105. The van der Waals surface area contributed by atoms with E-state index in [0.29, 0.717) is 0 Å². The fourth-order valence-corrected chi connectivity index (χ4v) is 3.12. The Balaban J connectivity index is 1.77. The number of rotatable bonds is 4. The average molecular weight is 393 g/mol. The quantitative estimate of drug-likeness (QED) is 0.290. The van der Waals surface area contributed by atoms with Crippen molar-refractivity contribution in [2.24, 2.45) is 0 Å². The Morgan fingerprint density at radius 3 is 2.38 bits per heavy atom. The van der Waals surface area contributed by atoms with Gasteiger partial charge in [-0.15, -0.1) is 10.2 Å². The lowest BCUT2D eigenvalue weighted by Crippen LogP contribution is -2.23. The molecule has 0 saturated carbocycles. The van der Waals surface area contributed by atoms with Gasteiger partial charge in [-0.1, -0.05) is 24.3 Å². The Kier molecular flexibility index (Phi) is 4.23. The minimum absolute atomic E-state index is 0.0108. The molecule has 0 radical (unpaired) electrons. The van der Waals surface area contributed by atoms with E-state index in [2.05, 4.69) is 10.2 Å². The van der Waals surface area contributed by atoms with E-state index >= 15 is 0 Å². The van der Waals surface area contributed by atoms with Crippen molar-refractivity contribution in [3.63, 3.8) is 0 Å². The highest BCUT2D eigenvalue weighted by Gasteiger charge is 2.39. The molecule has 0 atom stereocenters. The van der Waals surface area contributed by atoms with Crippen LogP contribution in [0.25, 0.3) is 0 Å². The highest BCUT2D eigenvalue weighted by atomic mass is 16.6. The molecule has 0 bridgehead atoms. The molecule has 0 spiro atoms. The first-order chi connectivity index (χ1) is 13.9. The van der Waals surface area contributed by atoms with E-state index in [1.165, 1.54) is 18.2 Å². The fourth-order valence-electron chi connectivity index (χ4n) is 3.12. The maximum atomic E-state index is 12.9. The summed E-state index contributed by atoms with van der Waals surface area (Å²) in [6, 6.07) is 8.33.